The second kappa shape index (κ2) is 5.50. The summed E-state index contributed by atoms with van der Waals surface area (Å²) in [6.45, 7) is 2.43. The predicted molar refractivity (Wildman–Crippen MR) is 74.9 cm³/mol. The molecule has 0 spiro atoms. The third-order valence-electron chi connectivity index (χ3n) is 2.43. The van der Waals surface area contributed by atoms with Gasteiger partial charge in [0.1, 0.15) is 0 Å². The van der Waals surface area contributed by atoms with E-state index in [1.54, 1.807) is 29.5 Å². The molecule has 2 aromatic rings. The zero-order chi connectivity index (χ0) is 14.0. The lowest BCUT2D eigenvalue weighted by Crippen LogP contribution is -2.18. The van der Waals surface area contributed by atoms with Gasteiger partial charge in [-0.05, 0) is 6.92 Å². The summed E-state index contributed by atoms with van der Waals surface area (Å²) < 4.78 is 0. The number of aromatic nitrogens is 2. The zero-order valence-corrected chi connectivity index (χ0v) is 11.9. The summed E-state index contributed by atoms with van der Waals surface area (Å²) in [5.74, 6) is 0.292. The van der Waals surface area contributed by atoms with Crippen LogP contribution in [0.1, 0.15) is 9.88 Å². The number of nitro groups is 1. The van der Waals surface area contributed by atoms with E-state index in [0.29, 0.717) is 12.4 Å². The smallest absolute Gasteiger partial charge is 0.313 e. The average Bonchev–Trinajstić information content (AvgIpc) is 2.74. The highest BCUT2D eigenvalue weighted by Gasteiger charge is 2.20. The van der Waals surface area contributed by atoms with Crippen molar-refractivity contribution in [2.45, 2.75) is 13.5 Å². The molecule has 2 heterocycles. The topological polar surface area (TPSA) is 72.2 Å². The first-order valence-electron chi connectivity index (χ1n) is 5.39. The molecule has 0 atom stereocenters. The second-order valence-electron chi connectivity index (χ2n) is 3.96. The molecule has 6 nitrogen and oxygen atoms in total. The highest BCUT2D eigenvalue weighted by atomic mass is 35.5. The fourth-order valence-corrected chi connectivity index (χ4v) is 2.64. The number of hydrogen-bond donors (Lipinski definition) is 0. The lowest BCUT2D eigenvalue weighted by Gasteiger charge is -2.16. The van der Waals surface area contributed by atoms with Crippen LogP contribution in [0.15, 0.2) is 18.5 Å². The van der Waals surface area contributed by atoms with Gasteiger partial charge in [0.25, 0.3) is 0 Å². The van der Waals surface area contributed by atoms with Crippen LogP contribution in [0, 0.1) is 17.0 Å². The van der Waals surface area contributed by atoms with Crippen LogP contribution in [0.4, 0.5) is 11.5 Å². The molecule has 2 aromatic heterocycles. The van der Waals surface area contributed by atoms with Crippen LogP contribution in [0.25, 0.3) is 0 Å². The molecule has 0 saturated heterocycles. The molecule has 0 N–H and O–H groups in total. The molecule has 19 heavy (non-hydrogen) atoms. The van der Waals surface area contributed by atoms with Gasteiger partial charge >= 0.3 is 5.69 Å². The summed E-state index contributed by atoms with van der Waals surface area (Å²) in [6, 6.07) is 1.30. The Kier molecular flexibility index (Phi) is 3.96. The van der Waals surface area contributed by atoms with Gasteiger partial charge in [-0.2, -0.15) is 0 Å². The summed E-state index contributed by atoms with van der Waals surface area (Å²) >= 11 is 7.29. The maximum Gasteiger partial charge on any atom is 0.313 e. The van der Waals surface area contributed by atoms with Gasteiger partial charge < -0.3 is 4.90 Å². The Morgan fingerprint density at radius 2 is 2.21 bits per heavy atom. The fourth-order valence-electron chi connectivity index (χ4n) is 1.64. The average molecular weight is 299 g/mol. The maximum absolute atomic E-state index is 11.0. The number of rotatable bonds is 4. The van der Waals surface area contributed by atoms with E-state index < -0.39 is 4.92 Å². The molecule has 2 rings (SSSR count). The van der Waals surface area contributed by atoms with Crippen molar-refractivity contribution >= 4 is 34.4 Å². The highest BCUT2D eigenvalue weighted by Crippen LogP contribution is 2.29. The standard InChI is InChI=1S/C11H11ClN4O2S/c1-7-13-5-9(19-7)6-15(2)11-10(16(17)18)3-8(12)4-14-11/h3-5H,6H2,1-2H3. The molecule has 0 aromatic carbocycles. The molecule has 0 bridgehead atoms. The normalized spacial score (nSPS) is 10.5. The lowest BCUT2D eigenvalue weighted by molar-refractivity contribution is -0.384. The second-order valence-corrected chi connectivity index (χ2v) is 5.71. The Bertz CT molecular complexity index is 616. The van der Waals surface area contributed by atoms with Crippen LogP contribution >= 0.6 is 22.9 Å². The van der Waals surface area contributed by atoms with Gasteiger partial charge in [-0.15, -0.1) is 11.3 Å². The molecule has 8 heteroatoms. The van der Waals surface area contributed by atoms with Crippen molar-refractivity contribution in [2.24, 2.45) is 0 Å². The van der Waals surface area contributed by atoms with Crippen LogP contribution < -0.4 is 4.90 Å². The Hall–Kier alpha value is -1.73. The minimum Gasteiger partial charge on any atom is -0.349 e. The molecule has 0 saturated carbocycles. The quantitative estimate of drug-likeness (QED) is 0.641. The minimum absolute atomic E-state index is 0.101. The van der Waals surface area contributed by atoms with E-state index >= 15 is 0 Å². The van der Waals surface area contributed by atoms with Crippen LogP contribution in [-0.2, 0) is 6.54 Å². The van der Waals surface area contributed by atoms with Gasteiger partial charge in [0.2, 0.25) is 5.82 Å². The number of halogens is 1. The number of anilines is 1. The largest absolute Gasteiger partial charge is 0.349 e. The van der Waals surface area contributed by atoms with Gasteiger partial charge in [-0.1, -0.05) is 11.6 Å². The van der Waals surface area contributed by atoms with Gasteiger partial charge in [0, 0.05) is 30.4 Å². The van der Waals surface area contributed by atoms with Crippen molar-refractivity contribution in [1.29, 1.82) is 0 Å². The summed E-state index contributed by atoms with van der Waals surface area (Å²) in [5.41, 5.74) is -0.101. The Morgan fingerprint density at radius 3 is 2.79 bits per heavy atom. The van der Waals surface area contributed by atoms with Gasteiger partial charge in [0.05, 0.1) is 21.5 Å². The molecule has 100 valence electrons. The predicted octanol–water partition coefficient (Wildman–Crippen LogP) is 3.04. The van der Waals surface area contributed by atoms with Gasteiger partial charge in [0.15, 0.2) is 0 Å². The molecule has 0 aliphatic heterocycles. The van der Waals surface area contributed by atoms with Gasteiger partial charge in [-0.3, -0.25) is 10.1 Å². The van der Waals surface area contributed by atoms with Crippen molar-refractivity contribution in [1.82, 2.24) is 9.97 Å². The van der Waals surface area contributed by atoms with Crippen LogP contribution in [-0.4, -0.2) is 21.9 Å². The van der Waals surface area contributed by atoms with Crippen molar-refractivity contribution in [3.05, 3.63) is 43.5 Å². The van der Waals surface area contributed by atoms with E-state index in [1.807, 2.05) is 6.92 Å². The number of thiazole rings is 1. The number of pyridine rings is 1. The molecular formula is C11H11ClN4O2S. The Balaban J connectivity index is 2.28. The molecule has 0 amide bonds. The van der Waals surface area contributed by atoms with E-state index in [-0.39, 0.29) is 10.7 Å². The molecule has 0 unspecified atom stereocenters. The van der Waals surface area contributed by atoms with E-state index in [0.717, 1.165) is 9.88 Å². The van der Waals surface area contributed by atoms with E-state index in [2.05, 4.69) is 9.97 Å². The number of nitrogens with zero attached hydrogens (tertiary/aromatic N) is 4. The molecule has 0 aliphatic rings. The first kappa shape index (κ1) is 13.7. The number of aryl methyl sites for hydroxylation is 1. The van der Waals surface area contributed by atoms with E-state index in [1.165, 1.54) is 12.3 Å². The van der Waals surface area contributed by atoms with E-state index in [4.69, 9.17) is 11.6 Å². The van der Waals surface area contributed by atoms with Crippen molar-refractivity contribution in [3.63, 3.8) is 0 Å². The third kappa shape index (κ3) is 3.18. The van der Waals surface area contributed by atoms with Crippen molar-refractivity contribution in [3.8, 4) is 0 Å². The highest BCUT2D eigenvalue weighted by molar-refractivity contribution is 7.11. The Labute approximate surface area is 118 Å². The third-order valence-corrected chi connectivity index (χ3v) is 3.54. The first-order valence-corrected chi connectivity index (χ1v) is 6.59. The van der Waals surface area contributed by atoms with E-state index in [9.17, 15) is 10.1 Å². The summed E-state index contributed by atoms with van der Waals surface area (Å²) in [4.78, 5) is 21.4. The molecular weight excluding hydrogens is 288 g/mol. The molecule has 0 radical (unpaired) electrons. The zero-order valence-electron chi connectivity index (χ0n) is 10.3. The first-order chi connectivity index (χ1) is 8.97. The molecule has 0 aliphatic carbocycles. The van der Waals surface area contributed by atoms with Gasteiger partial charge in [-0.25, -0.2) is 9.97 Å². The minimum atomic E-state index is -0.483. The summed E-state index contributed by atoms with van der Waals surface area (Å²) in [7, 11) is 1.75. The number of hydrogen-bond acceptors (Lipinski definition) is 6. The van der Waals surface area contributed by atoms with Crippen LogP contribution in [0.2, 0.25) is 5.02 Å². The lowest BCUT2D eigenvalue weighted by atomic mass is 10.3. The Morgan fingerprint density at radius 1 is 1.47 bits per heavy atom. The monoisotopic (exact) mass is 298 g/mol. The SMILES string of the molecule is Cc1ncc(CN(C)c2ncc(Cl)cc2[N+](=O)[O-])s1. The fraction of sp³-hybridized carbons (Fsp3) is 0.273. The van der Waals surface area contributed by atoms with Crippen molar-refractivity contribution in [2.75, 3.05) is 11.9 Å². The van der Waals surface area contributed by atoms with Crippen LogP contribution in [0.5, 0.6) is 0 Å². The summed E-state index contributed by atoms with van der Waals surface area (Å²) in [5, 5.41) is 12.2. The van der Waals surface area contributed by atoms with Crippen molar-refractivity contribution < 1.29 is 4.92 Å². The van der Waals surface area contributed by atoms with Crippen LogP contribution in [0.3, 0.4) is 0 Å². The molecule has 0 fully saturated rings. The maximum atomic E-state index is 11.0. The summed E-state index contributed by atoms with van der Waals surface area (Å²) in [6.07, 6.45) is 3.16.